The van der Waals surface area contributed by atoms with Crippen molar-refractivity contribution in [3.05, 3.63) is 41.6 Å². The number of aromatic nitrogens is 4. The molecule has 0 fully saturated rings. The number of pyridine rings is 1. The third kappa shape index (κ3) is 3.14. The summed E-state index contributed by atoms with van der Waals surface area (Å²) in [6, 6.07) is 1.20. The van der Waals surface area contributed by atoms with Crippen LogP contribution in [0.25, 0.3) is 16.9 Å². The number of nitrogen functional groups attached to an aromatic ring is 1. The molecule has 0 aliphatic heterocycles. The third-order valence-electron chi connectivity index (χ3n) is 4.54. The van der Waals surface area contributed by atoms with Gasteiger partial charge in [-0.3, -0.25) is 9.38 Å². The zero-order valence-electron chi connectivity index (χ0n) is 14.9. The zero-order valence-corrected chi connectivity index (χ0v) is 14.9. The first-order valence-corrected chi connectivity index (χ1v) is 7.98. The highest BCUT2D eigenvalue weighted by molar-refractivity contribution is 5.71. The van der Waals surface area contributed by atoms with Crippen LogP contribution in [-0.2, 0) is 11.6 Å². The summed E-state index contributed by atoms with van der Waals surface area (Å²) in [6.45, 7) is 3.54. The Morgan fingerprint density at radius 2 is 1.61 bits per heavy atom. The summed E-state index contributed by atoms with van der Waals surface area (Å²) in [5.41, 5.74) is 2.66. The highest BCUT2D eigenvalue weighted by atomic mass is 19.4. The number of anilines is 1. The lowest BCUT2D eigenvalue weighted by Gasteiger charge is -2.27. The Morgan fingerprint density at radius 1 is 0.964 bits per heavy atom. The van der Waals surface area contributed by atoms with Gasteiger partial charge in [-0.05, 0) is 32.4 Å². The van der Waals surface area contributed by atoms with E-state index in [1.807, 2.05) is 0 Å². The summed E-state index contributed by atoms with van der Waals surface area (Å²) in [4.78, 5) is 11.1. The molecule has 0 bridgehead atoms. The molecule has 150 valence electrons. The Kier molecular flexibility index (Phi) is 4.32. The maximum absolute atomic E-state index is 13.4. The van der Waals surface area contributed by atoms with Gasteiger partial charge < -0.3 is 5.73 Å². The van der Waals surface area contributed by atoms with Crippen molar-refractivity contribution >= 4 is 11.5 Å². The fourth-order valence-electron chi connectivity index (χ4n) is 2.63. The number of imidazole rings is 1. The fourth-order valence-corrected chi connectivity index (χ4v) is 2.63. The molecular formula is C17H15F6N5. The van der Waals surface area contributed by atoms with Crippen LogP contribution in [0.3, 0.4) is 0 Å². The van der Waals surface area contributed by atoms with E-state index in [9.17, 15) is 26.3 Å². The summed E-state index contributed by atoms with van der Waals surface area (Å²) in [6.07, 6.45) is -6.13. The van der Waals surface area contributed by atoms with Crippen LogP contribution in [0, 0.1) is 6.92 Å². The highest BCUT2D eigenvalue weighted by Crippen LogP contribution is 2.41. The molecule has 2 N–H and O–H groups in total. The Morgan fingerprint density at radius 3 is 2.18 bits per heavy atom. The molecule has 5 nitrogen and oxygen atoms in total. The maximum Gasteiger partial charge on any atom is 0.434 e. The van der Waals surface area contributed by atoms with Gasteiger partial charge in [-0.15, -0.1) is 0 Å². The van der Waals surface area contributed by atoms with Crippen LogP contribution >= 0.6 is 0 Å². The second-order valence-corrected chi connectivity index (χ2v) is 6.85. The van der Waals surface area contributed by atoms with E-state index in [1.54, 1.807) is 6.92 Å². The van der Waals surface area contributed by atoms with E-state index in [2.05, 4.69) is 15.0 Å². The second-order valence-electron chi connectivity index (χ2n) is 6.85. The summed E-state index contributed by atoms with van der Waals surface area (Å²) in [7, 11) is 0. The Hall–Kier alpha value is -2.85. The number of nitrogens with zero attached hydrogens (tertiary/aromatic N) is 4. The van der Waals surface area contributed by atoms with Crippen LogP contribution in [0.2, 0.25) is 0 Å². The van der Waals surface area contributed by atoms with Crippen molar-refractivity contribution in [1.82, 2.24) is 19.4 Å². The van der Waals surface area contributed by atoms with Gasteiger partial charge in [-0.1, -0.05) is 0 Å². The van der Waals surface area contributed by atoms with Gasteiger partial charge in [-0.25, -0.2) is 9.97 Å². The minimum atomic E-state index is -4.75. The van der Waals surface area contributed by atoms with Gasteiger partial charge in [0, 0.05) is 18.0 Å². The standard InChI is InChI=1S/C17H15F6N5/c1-8-5-25-11(15(2,3)17(21,22)23)4-9(8)10-6-26-14-13(24)27-12(7-28(10)14)16(18,19)20/h4-7H,1-3H3,(H2,24,27). The number of nitrogens with two attached hydrogens (primary N) is 1. The summed E-state index contributed by atoms with van der Waals surface area (Å²) in [5.74, 6) is -0.441. The summed E-state index contributed by atoms with van der Waals surface area (Å²) in [5, 5.41) is 0. The number of aryl methyl sites for hydroxylation is 1. The van der Waals surface area contributed by atoms with Crippen molar-refractivity contribution in [2.75, 3.05) is 5.73 Å². The second kappa shape index (κ2) is 6.08. The van der Waals surface area contributed by atoms with Crippen molar-refractivity contribution in [1.29, 1.82) is 0 Å². The number of hydrogen-bond acceptors (Lipinski definition) is 4. The van der Waals surface area contributed by atoms with E-state index in [0.29, 0.717) is 11.8 Å². The van der Waals surface area contributed by atoms with Crippen molar-refractivity contribution < 1.29 is 26.3 Å². The van der Waals surface area contributed by atoms with Crippen LogP contribution in [-0.4, -0.2) is 25.5 Å². The minimum absolute atomic E-state index is 0.0316. The van der Waals surface area contributed by atoms with E-state index in [0.717, 1.165) is 18.2 Å². The molecule has 0 unspecified atom stereocenters. The smallest absolute Gasteiger partial charge is 0.381 e. The van der Waals surface area contributed by atoms with E-state index in [4.69, 9.17) is 5.73 Å². The van der Waals surface area contributed by atoms with Gasteiger partial charge in [0.15, 0.2) is 17.2 Å². The quantitative estimate of drug-likeness (QED) is 0.638. The molecule has 0 aromatic carbocycles. The van der Waals surface area contributed by atoms with Gasteiger partial charge >= 0.3 is 12.4 Å². The Bertz CT molecular complexity index is 1050. The minimum Gasteiger partial charge on any atom is -0.381 e. The van der Waals surface area contributed by atoms with Gasteiger partial charge in [0.1, 0.15) is 5.41 Å². The third-order valence-corrected chi connectivity index (χ3v) is 4.54. The SMILES string of the molecule is Cc1cnc(C(C)(C)C(F)(F)F)cc1-c1cnc2c(N)nc(C(F)(F)F)cn12. The first-order valence-electron chi connectivity index (χ1n) is 7.98. The van der Waals surface area contributed by atoms with E-state index < -0.39 is 29.3 Å². The van der Waals surface area contributed by atoms with Gasteiger partial charge in [0.05, 0.1) is 17.6 Å². The molecule has 3 rings (SSSR count). The van der Waals surface area contributed by atoms with Crippen molar-refractivity contribution in [3.63, 3.8) is 0 Å². The maximum atomic E-state index is 13.4. The van der Waals surface area contributed by atoms with Crippen LogP contribution in [0.5, 0.6) is 0 Å². The average molecular weight is 403 g/mol. The van der Waals surface area contributed by atoms with Crippen molar-refractivity contribution in [2.45, 2.75) is 38.5 Å². The van der Waals surface area contributed by atoms with Crippen molar-refractivity contribution in [3.8, 4) is 11.3 Å². The van der Waals surface area contributed by atoms with Crippen LogP contribution < -0.4 is 5.73 Å². The lowest BCUT2D eigenvalue weighted by atomic mass is 9.86. The predicted octanol–water partition coefficient (Wildman–Crippen LogP) is 4.54. The molecule has 28 heavy (non-hydrogen) atoms. The molecule has 0 aliphatic rings. The molecule has 3 heterocycles. The van der Waals surface area contributed by atoms with Crippen molar-refractivity contribution in [2.24, 2.45) is 0 Å². The van der Waals surface area contributed by atoms with E-state index >= 15 is 0 Å². The zero-order chi connectivity index (χ0) is 21.1. The molecule has 0 amide bonds. The summed E-state index contributed by atoms with van der Waals surface area (Å²) >= 11 is 0. The lowest BCUT2D eigenvalue weighted by Crippen LogP contribution is -2.37. The lowest BCUT2D eigenvalue weighted by molar-refractivity contribution is -0.181. The largest absolute Gasteiger partial charge is 0.434 e. The molecule has 0 spiro atoms. The van der Waals surface area contributed by atoms with E-state index in [1.165, 1.54) is 18.5 Å². The van der Waals surface area contributed by atoms with Gasteiger partial charge in [-0.2, -0.15) is 26.3 Å². The molecule has 3 aromatic heterocycles. The van der Waals surface area contributed by atoms with Crippen LogP contribution in [0.4, 0.5) is 32.2 Å². The molecular weight excluding hydrogens is 388 g/mol. The fraction of sp³-hybridized carbons (Fsp3) is 0.353. The van der Waals surface area contributed by atoms with E-state index in [-0.39, 0.29) is 22.6 Å². The first-order chi connectivity index (χ1) is 12.7. The van der Waals surface area contributed by atoms with Crippen LogP contribution in [0.1, 0.15) is 30.8 Å². The summed E-state index contributed by atoms with van der Waals surface area (Å²) < 4.78 is 80.4. The molecule has 0 saturated heterocycles. The molecule has 11 heteroatoms. The molecule has 0 atom stereocenters. The molecule has 0 radical (unpaired) electrons. The molecule has 3 aromatic rings. The van der Waals surface area contributed by atoms with Gasteiger partial charge in [0.2, 0.25) is 0 Å². The number of fused-ring (bicyclic) bond motifs is 1. The number of rotatable bonds is 2. The highest BCUT2D eigenvalue weighted by Gasteiger charge is 2.49. The predicted molar refractivity (Wildman–Crippen MR) is 89.5 cm³/mol. The number of halogens is 6. The normalized spacial score (nSPS) is 13.3. The van der Waals surface area contributed by atoms with Gasteiger partial charge in [0.25, 0.3) is 0 Å². The Labute approximate surface area is 155 Å². The first kappa shape index (κ1) is 19.9. The average Bonchev–Trinajstić information content (AvgIpc) is 2.97. The molecule has 0 aliphatic carbocycles. The monoisotopic (exact) mass is 403 g/mol. The molecule has 0 saturated carbocycles. The number of hydrogen-bond donors (Lipinski definition) is 1. The topological polar surface area (TPSA) is 69.1 Å². The Balaban J connectivity index is 2.26. The van der Waals surface area contributed by atoms with Crippen LogP contribution in [0.15, 0.2) is 24.7 Å². The number of alkyl halides is 6.